The smallest absolute Gasteiger partial charge is 0.348 e. The van der Waals surface area contributed by atoms with E-state index in [0.29, 0.717) is 38.6 Å². The molecule has 0 aliphatic rings. The first-order chi connectivity index (χ1) is 14.6. The monoisotopic (exact) mass is 421 g/mol. The third-order valence-electron chi connectivity index (χ3n) is 4.51. The number of nitrogens with zero attached hydrogens (tertiary/aromatic N) is 3. The van der Waals surface area contributed by atoms with Crippen molar-refractivity contribution in [3.63, 3.8) is 0 Å². The van der Waals surface area contributed by atoms with Crippen molar-refractivity contribution >= 4 is 39.2 Å². The largest absolute Gasteiger partial charge is 0.462 e. The number of carbonyl (C=O) groups excluding carboxylic acids is 2. The van der Waals surface area contributed by atoms with Crippen LogP contribution in [0.1, 0.15) is 32.5 Å². The molecule has 0 saturated carbocycles. The van der Waals surface area contributed by atoms with Gasteiger partial charge in [-0.25, -0.2) is 14.8 Å². The number of aryl methyl sites for hydroxylation is 1. The Bertz CT molecular complexity index is 1200. The number of amides is 1. The molecular formula is C21H19N5O3S. The summed E-state index contributed by atoms with van der Waals surface area (Å²) in [7, 11) is 0. The van der Waals surface area contributed by atoms with Gasteiger partial charge in [-0.15, -0.1) is 11.3 Å². The predicted molar refractivity (Wildman–Crippen MR) is 115 cm³/mol. The zero-order valence-corrected chi connectivity index (χ0v) is 17.2. The number of ether oxygens (including phenoxy) is 1. The molecule has 8 nitrogen and oxygen atoms in total. The van der Waals surface area contributed by atoms with Crippen LogP contribution in [0.25, 0.3) is 15.9 Å². The molecule has 0 spiro atoms. The molecule has 0 radical (unpaired) electrons. The van der Waals surface area contributed by atoms with Gasteiger partial charge < -0.3 is 9.30 Å². The quantitative estimate of drug-likeness (QED) is 0.364. The lowest BCUT2D eigenvalue weighted by Gasteiger charge is -2.10. The number of benzene rings is 1. The molecule has 0 atom stereocenters. The lowest BCUT2D eigenvalue weighted by atomic mass is 10.2. The Morgan fingerprint density at radius 1 is 1.13 bits per heavy atom. The molecular weight excluding hydrogens is 402 g/mol. The van der Waals surface area contributed by atoms with E-state index in [0.717, 1.165) is 5.69 Å². The number of rotatable bonds is 6. The Labute approximate surface area is 176 Å². The molecule has 1 amide bonds. The number of anilines is 1. The van der Waals surface area contributed by atoms with Gasteiger partial charge in [0.2, 0.25) is 0 Å². The fourth-order valence-corrected chi connectivity index (χ4v) is 4.08. The van der Waals surface area contributed by atoms with Gasteiger partial charge in [0.25, 0.3) is 5.91 Å². The number of esters is 1. The molecule has 0 aliphatic heterocycles. The third-order valence-corrected chi connectivity index (χ3v) is 5.69. The van der Waals surface area contributed by atoms with Crippen molar-refractivity contribution in [2.75, 3.05) is 12.0 Å². The fraction of sp³-hybridized carbons (Fsp3) is 0.143. The van der Waals surface area contributed by atoms with Gasteiger partial charge in [-0.2, -0.15) is 0 Å². The van der Waals surface area contributed by atoms with E-state index >= 15 is 0 Å². The van der Waals surface area contributed by atoms with E-state index in [1.165, 1.54) is 17.7 Å². The van der Waals surface area contributed by atoms with E-state index in [2.05, 4.69) is 20.8 Å². The lowest BCUT2D eigenvalue weighted by molar-refractivity contribution is 0.0531. The van der Waals surface area contributed by atoms with E-state index < -0.39 is 5.97 Å². The molecule has 0 aliphatic carbocycles. The fourth-order valence-electron chi connectivity index (χ4n) is 3.04. The summed E-state index contributed by atoms with van der Waals surface area (Å²) in [6.07, 6.45) is 5.25. The van der Waals surface area contributed by atoms with Crippen LogP contribution in [0, 0.1) is 6.92 Å². The van der Waals surface area contributed by atoms with E-state index in [1.54, 1.807) is 26.0 Å². The molecule has 2 N–H and O–H groups in total. The molecule has 4 aromatic rings. The Morgan fingerprint density at radius 2 is 1.87 bits per heavy atom. The average molecular weight is 421 g/mol. The average Bonchev–Trinajstić information content (AvgIpc) is 3.41. The maximum absolute atomic E-state index is 12.5. The summed E-state index contributed by atoms with van der Waals surface area (Å²) in [4.78, 5) is 34.3. The normalized spacial score (nSPS) is 10.7. The molecule has 0 unspecified atom stereocenters. The van der Waals surface area contributed by atoms with Crippen LogP contribution in [0.4, 0.5) is 5.82 Å². The molecule has 3 aromatic heterocycles. The van der Waals surface area contributed by atoms with E-state index in [-0.39, 0.29) is 5.91 Å². The second kappa shape index (κ2) is 8.34. The van der Waals surface area contributed by atoms with Crippen LogP contribution in [0.3, 0.4) is 0 Å². The minimum Gasteiger partial charge on any atom is -0.462 e. The van der Waals surface area contributed by atoms with E-state index in [4.69, 9.17) is 4.74 Å². The minimum absolute atomic E-state index is 0.294. The van der Waals surface area contributed by atoms with Crippen molar-refractivity contribution in [2.24, 2.45) is 0 Å². The Balaban J connectivity index is 1.52. The Hall–Kier alpha value is -3.72. The first-order valence-electron chi connectivity index (χ1n) is 9.29. The molecule has 9 heteroatoms. The minimum atomic E-state index is -0.393. The highest BCUT2D eigenvalue weighted by Crippen LogP contribution is 2.33. The number of carbonyl (C=O) groups is 2. The standard InChI is InChI=1S/C21H19N5O3S/c1-3-29-21(28)17-13(2)16-18(22-12-23-20(16)30-17)24-25-19(27)14-6-8-15(9-7-14)26-10-4-5-11-26/h4-12H,3H2,1-2H3,(H,25,27)(H,22,23,24). The van der Waals surface area contributed by atoms with Crippen LogP contribution in [0.15, 0.2) is 55.1 Å². The van der Waals surface area contributed by atoms with Gasteiger partial charge in [-0.05, 0) is 55.8 Å². The third kappa shape index (κ3) is 3.74. The number of thiophene rings is 1. The number of hydrogen-bond donors (Lipinski definition) is 2. The van der Waals surface area contributed by atoms with Crippen LogP contribution in [0.2, 0.25) is 0 Å². The second-order valence-corrected chi connectivity index (χ2v) is 7.39. The molecule has 1 aromatic carbocycles. The summed E-state index contributed by atoms with van der Waals surface area (Å²) < 4.78 is 7.06. The maximum atomic E-state index is 12.5. The summed E-state index contributed by atoms with van der Waals surface area (Å²) in [6.45, 7) is 3.86. The highest BCUT2D eigenvalue weighted by atomic mass is 32.1. The summed E-state index contributed by atoms with van der Waals surface area (Å²) in [5.74, 6) is -0.281. The van der Waals surface area contributed by atoms with Gasteiger partial charge in [0.1, 0.15) is 16.0 Å². The van der Waals surface area contributed by atoms with Crippen molar-refractivity contribution in [2.45, 2.75) is 13.8 Å². The maximum Gasteiger partial charge on any atom is 0.348 e. The number of hydrogen-bond acceptors (Lipinski definition) is 7. The molecule has 152 valence electrons. The number of nitrogens with one attached hydrogen (secondary N) is 2. The SMILES string of the molecule is CCOC(=O)c1sc2ncnc(NNC(=O)c3ccc(-n4cccc4)cc3)c2c1C. The summed E-state index contributed by atoms with van der Waals surface area (Å²) in [6, 6.07) is 11.1. The van der Waals surface area contributed by atoms with E-state index in [9.17, 15) is 9.59 Å². The van der Waals surface area contributed by atoms with Crippen LogP contribution in [-0.2, 0) is 4.74 Å². The molecule has 30 heavy (non-hydrogen) atoms. The van der Waals surface area contributed by atoms with Crippen molar-refractivity contribution in [3.8, 4) is 5.69 Å². The summed E-state index contributed by atoms with van der Waals surface area (Å²) in [5.41, 5.74) is 7.68. The molecule has 4 rings (SSSR count). The van der Waals surface area contributed by atoms with Gasteiger partial charge in [0.15, 0.2) is 5.82 Å². The van der Waals surface area contributed by atoms with Gasteiger partial charge >= 0.3 is 5.97 Å². The number of aromatic nitrogens is 3. The highest BCUT2D eigenvalue weighted by Gasteiger charge is 2.20. The van der Waals surface area contributed by atoms with Gasteiger partial charge in [-0.1, -0.05) is 0 Å². The first-order valence-corrected chi connectivity index (χ1v) is 10.1. The summed E-state index contributed by atoms with van der Waals surface area (Å²) in [5, 5.41) is 0.675. The number of fused-ring (bicyclic) bond motifs is 1. The summed E-state index contributed by atoms with van der Waals surface area (Å²) >= 11 is 1.24. The Kier molecular flexibility index (Phi) is 5.44. The molecule has 0 fully saturated rings. The predicted octanol–water partition coefficient (Wildman–Crippen LogP) is 3.72. The van der Waals surface area contributed by atoms with E-state index in [1.807, 2.05) is 41.2 Å². The number of hydrazine groups is 1. The van der Waals surface area contributed by atoms with Crippen molar-refractivity contribution in [3.05, 3.63) is 71.1 Å². The lowest BCUT2D eigenvalue weighted by Crippen LogP contribution is -2.30. The molecule has 0 bridgehead atoms. The zero-order valence-electron chi connectivity index (χ0n) is 16.4. The van der Waals surface area contributed by atoms with Crippen molar-refractivity contribution in [1.29, 1.82) is 0 Å². The van der Waals surface area contributed by atoms with Crippen LogP contribution in [-0.4, -0.2) is 33.0 Å². The van der Waals surface area contributed by atoms with Gasteiger partial charge in [0, 0.05) is 23.6 Å². The van der Waals surface area contributed by atoms with Crippen molar-refractivity contribution < 1.29 is 14.3 Å². The second-order valence-electron chi connectivity index (χ2n) is 6.40. The van der Waals surface area contributed by atoms with Crippen LogP contribution in [0.5, 0.6) is 0 Å². The van der Waals surface area contributed by atoms with Gasteiger partial charge in [-0.3, -0.25) is 15.6 Å². The highest BCUT2D eigenvalue weighted by molar-refractivity contribution is 7.20. The Morgan fingerprint density at radius 3 is 2.57 bits per heavy atom. The first kappa shape index (κ1) is 19.6. The molecule has 3 heterocycles. The molecule has 0 saturated heterocycles. The topological polar surface area (TPSA) is 98.1 Å². The van der Waals surface area contributed by atoms with Crippen LogP contribution >= 0.6 is 11.3 Å². The van der Waals surface area contributed by atoms with Crippen molar-refractivity contribution in [1.82, 2.24) is 20.0 Å². The zero-order chi connectivity index (χ0) is 21.1. The van der Waals surface area contributed by atoms with Crippen LogP contribution < -0.4 is 10.9 Å². The van der Waals surface area contributed by atoms with Gasteiger partial charge in [0.05, 0.1) is 12.0 Å².